The molecule has 0 amide bonds. The highest BCUT2D eigenvalue weighted by Gasteiger charge is 2.59. The van der Waals surface area contributed by atoms with Crippen LogP contribution in [0.15, 0.2) is 11.6 Å². The number of carbonyl (C=O) groups excluding carboxylic acids is 1. The van der Waals surface area contributed by atoms with Crippen molar-refractivity contribution in [2.45, 2.75) is 91.1 Å². The third-order valence-electron chi connectivity index (χ3n) is 9.23. The summed E-state index contributed by atoms with van der Waals surface area (Å²) in [6.07, 6.45) is 12.7. The molecule has 4 rings (SSSR count). The molecule has 0 bridgehead atoms. The van der Waals surface area contributed by atoms with Gasteiger partial charge in [0, 0.05) is 5.92 Å². The Morgan fingerprint density at radius 2 is 1.80 bits per heavy atom. The lowest BCUT2D eigenvalue weighted by atomic mass is 9.48. The van der Waals surface area contributed by atoms with Gasteiger partial charge in [-0.1, -0.05) is 25.5 Å². The monoisotopic (exact) mass is 344 g/mol. The molecule has 0 heterocycles. The van der Waals surface area contributed by atoms with E-state index in [1.54, 1.807) is 5.57 Å². The van der Waals surface area contributed by atoms with Crippen LogP contribution in [-0.4, -0.2) is 16.5 Å². The summed E-state index contributed by atoms with van der Waals surface area (Å²) in [6, 6.07) is 0. The Morgan fingerprint density at radius 1 is 1.04 bits per heavy atom. The van der Waals surface area contributed by atoms with E-state index in [4.69, 9.17) is 0 Å². The fourth-order valence-electron chi connectivity index (χ4n) is 7.62. The Morgan fingerprint density at radius 3 is 2.52 bits per heavy atom. The lowest BCUT2D eigenvalue weighted by Crippen LogP contribution is -2.49. The van der Waals surface area contributed by atoms with Gasteiger partial charge in [-0.25, -0.2) is 0 Å². The fourth-order valence-corrected chi connectivity index (χ4v) is 7.62. The van der Waals surface area contributed by atoms with Crippen LogP contribution in [0.3, 0.4) is 0 Å². The average molecular weight is 345 g/mol. The Hall–Kier alpha value is -0.630. The summed E-state index contributed by atoms with van der Waals surface area (Å²) in [4.78, 5) is 12.2. The highest BCUT2D eigenvalue weighted by atomic mass is 16.3. The van der Waals surface area contributed by atoms with E-state index in [0.717, 1.165) is 49.9 Å². The summed E-state index contributed by atoms with van der Waals surface area (Å²) >= 11 is 0. The van der Waals surface area contributed by atoms with E-state index < -0.39 is 5.60 Å². The normalized spacial score (nSPS) is 52.4. The quantitative estimate of drug-likeness (QED) is 0.656. The summed E-state index contributed by atoms with van der Waals surface area (Å²) in [5.41, 5.74) is 1.66. The largest absolute Gasteiger partial charge is 0.390 e. The van der Waals surface area contributed by atoms with E-state index in [1.807, 2.05) is 13.8 Å². The first-order valence-corrected chi connectivity index (χ1v) is 10.6. The van der Waals surface area contributed by atoms with Crippen LogP contribution in [0.5, 0.6) is 0 Å². The SMILES string of the molecule is CC(=O)[C@H]1CC[C@H]2[C@@H]3CC=C4CC[C@](C)(O)CC[C@]4(C)[C@H]3CC[C@]12C. The van der Waals surface area contributed by atoms with Gasteiger partial charge in [0.25, 0.3) is 0 Å². The number of ketones is 1. The zero-order valence-electron chi connectivity index (χ0n) is 16.6. The molecule has 2 heteroatoms. The molecular formula is C23H36O2. The molecule has 7 atom stereocenters. The standard InChI is InChI=1S/C23H36O2/c1-15(24)18-7-8-19-17-6-5-16-9-11-21(2,25)13-14-22(16,3)20(17)10-12-23(18,19)4/h5,17-20,25H,6-14H2,1-4H3/t17-,18+,19-,20-,21-,22-,23+/m0/s1. The predicted molar refractivity (Wildman–Crippen MR) is 101 cm³/mol. The van der Waals surface area contributed by atoms with E-state index in [1.165, 1.54) is 25.7 Å². The summed E-state index contributed by atoms with van der Waals surface area (Å²) in [5.74, 6) is 2.95. The molecule has 0 radical (unpaired) electrons. The number of rotatable bonds is 1. The van der Waals surface area contributed by atoms with Crippen molar-refractivity contribution in [2.75, 3.05) is 0 Å². The van der Waals surface area contributed by atoms with Crippen molar-refractivity contribution >= 4 is 5.78 Å². The van der Waals surface area contributed by atoms with Crippen LogP contribution in [0.25, 0.3) is 0 Å². The maximum atomic E-state index is 12.2. The minimum absolute atomic E-state index is 0.241. The van der Waals surface area contributed by atoms with Crippen LogP contribution in [0.1, 0.15) is 85.5 Å². The second kappa shape index (κ2) is 5.68. The van der Waals surface area contributed by atoms with Crippen LogP contribution in [0, 0.1) is 34.5 Å². The van der Waals surface area contributed by atoms with Gasteiger partial charge in [-0.2, -0.15) is 0 Å². The van der Waals surface area contributed by atoms with Crippen molar-refractivity contribution < 1.29 is 9.90 Å². The molecule has 25 heavy (non-hydrogen) atoms. The van der Waals surface area contributed by atoms with E-state index in [2.05, 4.69) is 19.9 Å². The molecule has 0 aliphatic heterocycles. The third-order valence-corrected chi connectivity index (χ3v) is 9.23. The molecule has 3 fully saturated rings. The van der Waals surface area contributed by atoms with Gasteiger partial charge in [0.05, 0.1) is 5.60 Å². The van der Waals surface area contributed by atoms with Crippen LogP contribution in [-0.2, 0) is 4.79 Å². The number of allylic oxidation sites excluding steroid dienone is 2. The molecule has 1 N–H and O–H groups in total. The second-order valence-electron chi connectivity index (χ2n) is 10.5. The zero-order valence-corrected chi connectivity index (χ0v) is 16.6. The van der Waals surface area contributed by atoms with Crippen molar-refractivity contribution in [2.24, 2.45) is 34.5 Å². The van der Waals surface area contributed by atoms with Crippen LogP contribution in [0.2, 0.25) is 0 Å². The molecule has 0 unspecified atom stereocenters. The molecule has 0 spiro atoms. The van der Waals surface area contributed by atoms with Crippen molar-refractivity contribution in [1.82, 2.24) is 0 Å². The Bertz CT molecular complexity index is 603. The minimum Gasteiger partial charge on any atom is -0.390 e. The number of hydrogen-bond acceptors (Lipinski definition) is 2. The molecule has 0 saturated heterocycles. The van der Waals surface area contributed by atoms with Gasteiger partial charge < -0.3 is 5.11 Å². The van der Waals surface area contributed by atoms with Crippen molar-refractivity contribution in [3.8, 4) is 0 Å². The van der Waals surface area contributed by atoms with E-state index >= 15 is 0 Å². The molecule has 2 nitrogen and oxygen atoms in total. The number of aliphatic hydroxyl groups is 1. The Balaban J connectivity index is 1.65. The van der Waals surface area contributed by atoms with E-state index in [0.29, 0.717) is 11.7 Å². The molecule has 3 saturated carbocycles. The molecular weight excluding hydrogens is 308 g/mol. The third kappa shape index (κ3) is 2.58. The van der Waals surface area contributed by atoms with Gasteiger partial charge in [0.1, 0.15) is 5.78 Å². The smallest absolute Gasteiger partial charge is 0.133 e. The first kappa shape index (κ1) is 17.8. The summed E-state index contributed by atoms with van der Waals surface area (Å²) in [7, 11) is 0. The molecule has 0 aromatic heterocycles. The van der Waals surface area contributed by atoms with Crippen LogP contribution in [0.4, 0.5) is 0 Å². The van der Waals surface area contributed by atoms with Gasteiger partial charge in [0.2, 0.25) is 0 Å². The molecule has 140 valence electrons. The van der Waals surface area contributed by atoms with Gasteiger partial charge >= 0.3 is 0 Å². The van der Waals surface area contributed by atoms with Gasteiger partial charge in [-0.15, -0.1) is 0 Å². The summed E-state index contributed by atoms with van der Waals surface area (Å²) in [5, 5.41) is 10.6. The lowest BCUT2D eigenvalue weighted by molar-refractivity contribution is -0.127. The maximum Gasteiger partial charge on any atom is 0.133 e. The number of Topliss-reactive ketones (excluding diaryl/α,β-unsaturated/α-hetero) is 1. The van der Waals surface area contributed by atoms with E-state index in [9.17, 15) is 9.90 Å². The Kier molecular flexibility index (Phi) is 4.04. The lowest BCUT2D eigenvalue weighted by Gasteiger charge is -2.56. The number of carbonyl (C=O) groups is 1. The minimum atomic E-state index is -0.493. The molecule has 0 aromatic rings. The fraction of sp³-hybridized carbons (Fsp3) is 0.870. The number of fused-ring (bicyclic) bond motifs is 5. The van der Waals surface area contributed by atoms with Crippen molar-refractivity contribution in [1.29, 1.82) is 0 Å². The van der Waals surface area contributed by atoms with Gasteiger partial charge in [-0.3, -0.25) is 4.79 Å². The van der Waals surface area contributed by atoms with Crippen molar-refractivity contribution in [3.63, 3.8) is 0 Å². The van der Waals surface area contributed by atoms with Gasteiger partial charge in [0.15, 0.2) is 0 Å². The predicted octanol–water partition coefficient (Wildman–Crippen LogP) is 5.30. The number of hydrogen-bond donors (Lipinski definition) is 1. The first-order valence-electron chi connectivity index (χ1n) is 10.6. The molecule has 0 aromatic carbocycles. The van der Waals surface area contributed by atoms with Crippen molar-refractivity contribution in [3.05, 3.63) is 11.6 Å². The van der Waals surface area contributed by atoms with Crippen LogP contribution >= 0.6 is 0 Å². The summed E-state index contributed by atoms with van der Waals surface area (Å²) in [6.45, 7) is 8.76. The average Bonchev–Trinajstić information content (AvgIpc) is 2.84. The highest BCUT2D eigenvalue weighted by molar-refractivity contribution is 5.79. The van der Waals surface area contributed by atoms with Crippen LogP contribution < -0.4 is 0 Å². The maximum absolute atomic E-state index is 12.2. The highest BCUT2D eigenvalue weighted by Crippen LogP contribution is 2.66. The Labute approximate surface area is 153 Å². The topological polar surface area (TPSA) is 37.3 Å². The van der Waals surface area contributed by atoms with Gasteiger partial charge in [-0.05, 0) is 100 Å². The van der Waals surface area contributed by atoms with E-state index in [-0.39, 0.29) is 10.8 Å². The second-order valence-corrected chi connectivity index (χ2v) is 10.5. The summed E-state index contributed by atoms with van der Waals surface area (Å²) < 4.78 is 0. The molecule has 4 aliphatic carbocycles. The molecule has 4 aliphatic rings. The zero-order chi connectivity index (χ0) is 18.0. The first-order chi connectivity index (χ1) is 11.7.